The van der Waals surface area contributed by atoms with E-state index >= 15 is 0 Å². The second kappa shape index (κ2) is 6.52. The van der Waals surface area contributed by atoms with Crippen molar-refractivity contribution in [1.29, 1.82) is 0 Å². The molecule has 1 N–H and O–H groups in total. The lowest BCUT2D eigenvalue weighted by atomic mass is 9.77. The molecule has 1 aromatic heterocycles. The summed E-state index contributed by atoms with van der Waals surface area (Å²) in [5.41, 5.74) is 1.59. The van der Waals surface area contributed by atoms with Gasteiger partial charge >= 0.3 is 0 Å². The number of thiazole rings is 1. The van der Waals surface area contributed by atoms with Crippen LogP contribution in [0.25, 0.3) is 11.3 Å². The van der Waals surface area contributed by atoms with E-state index in [-0.39, 0.29) is 28.3 Å². The van der Waals surface area contributed by atoms with Crippen LogP contribution in [0.2, 0.25) is 0 Å². The van der Waals surface area contributed by atoms with Crippen molar-refractivity contribution in [1.82, 2.24) is 4.98 Å². The first kappa shape index (κ1) is 17.5. The van der Waals surface area contributed by atoms with Gasteiger partial charge in [0.1, 0.15) is 11.6 Å². The van der Waals surface area contributed by atoms with Crippen LogP contribution in [-0.4, -0.2) is 22.1 Å². The van der Waals surface area contributed by atoms with Gasteiger partial charge in [-0.05, 0) is 36.6 Å². The fourth-order valence-corrected chi connectivity index (χ4v) is 3.66. The summed E-state index contributed by atoms with van der Waals surface area (Å²) in [5, 5.41) is 10.6. The Kier molecular flexibility index (Phi) is 4.56. The molecule has 4 nitrogen and oxygen atoms in total. The summed E-state index contributed by atoms with van der Waals surface area (Å²) in [6, 6.07) is 6.13. The van der Waals surface area contributed by atoms with Gasteiger partial charge in [-0.3, -0.25) is 4.79 Å². The van der Waals surface area contributed by atoms with Crippen LogP contribution in [0.5, 0.6) is 0 Å². The number of Topliss-reactive ketones (excluding diaryl/α,β-unsaturated/α-hetero) is 1. The van der Waals surface area contributed by atoms with Crippen LogP contribution >= 0.6 is 11.3 Å². The normalized spacial score (nSPS) is 17.5. The van der Waals surface area contributed by atoms with E-state index in [1.807, 2.05) is 20.8 Å². The maximum atomic E-state index is 13.1. The molecule has 0 atom stereocenters. The number of aliphatic hydroxyl groups is 1. The molecule has 0 amide bonds. The smallest absolute Gasteiger partial charge is 0.209 e. The number of allylic oxidation sites excluding steroid dienone is 2. The molecule has 0 bridgehead atoms. The van der Waals surface area contributed by atoms with Gasteiger partial charge in [0.15, 0.2) is 5.78 Å². The molecule has 25 heavy (non-hydrogen) atoms. The zero-order chi connectivity index (χ0) is 18.2. The van der Waals surface area contributed by atoms with Crippen molar-refractivity contribution >= 4 is 28.5 Å². The predicted octanol–water partition coefficient (Wildman–Crippen LogP) is 5.16. The molecule has 2 aromatic rings. The van der Waals surface area contributed by atoms with Crippen LogP contribution in [0.4, 0.5) is 9.52 Å². The third-order valence-electron chi connectivity index (χ3n) is 4.10. The number of hydrogen-bond acceptors (Lipinski definition) is 5. The zero-order valence-corrected chi connectivity index (χ0v) is 15.2. The summed E-state index contributed by atoms with van der Waals surface area (Å²) in [4.78, 5) is 21.9. The van der Waals surface area contributed by atoms with Crippen molar-refractivity contribution < 1.29 is 14.3 Å². The number of aliphatic hydroxyl groups excluding tert-OH is 1. The largest absolute Gasteiger partial charge is 0.511 e. The Morgan fingerprint density at radius 2 is 1.96 bits per heavy atom. The number of halogens is 1. The van der Waals surface area contributed by atoms with Crippen molar-refractivity contribution in [2.45, 2.75) is 33.6 Å². The van der Waals surface area contributed by atoms with Crippen molar-refractivity contribution in [2.24, 2.45) is 10.4 Å². The Morgan fingerprint density at radius 1 is 1.28 bits per heavy atom. The highest BCUT2D eigenvalue weighted by molar-refractivity contribution is 7.15. The van der Waals surface area contributed by atoms with Crippen LogP contribution in [0.1, 0.15) is 31.6 Å². The number of ketones is 1. The summed E-state index contributed by atoms with van der Waals surface area (Å²) in [5.74, 6) is -0.322. The minimum Gasteiger partial charge on any atom is -0.511 e. The number of hydrogen-bond donors (Lipinski definition) is 1. The topological polar surface area (TPSA) is 62.6 Å². The monoisotopic (exact) mass is 358 g/mol. The Bertz CT molecular complexity index is 879. The van der Waals surface area contributed by atoms with Crippen molar-refractivity contribution in [3.63, 3.8) is 0 Å². The Hall–Kier alpha value is -2.34. The van der Waals surface area contributed by atoms with E-state index in [0.29, 0.717) is 18.0 Å². The van der Waals surface area contributed by atoms with Gasteiger partial charge in [0.25, 0.3) is 0 Å². The molecule has 0 fully saturated rings. The van der Waals surface area contributed by atoms with Gasteiger partial charge < -0.3 is 5.11 Å². The summed E-state index contributed by atoms with van der Waals surface area (Å²) in [6.45, 7) is 5.82. The first-order valence-electron chi connectivity index (χ1n) is 7.98. The number of benzene rings is 1. The average molecular weight is 358 g/mol. The number of rotatable bonds is 3. The van der Waals surface area contributed by atoms with Gasteiger partial charge in [-0.2, -0.15) is 0 Å². The predicted molar refractivity (Wildman–Crippen MR) is 98.1 cm³/mol. The summed E-state index contributed by atoms with van der Waals surface area (Å²) in [7, 11) is 0. The van der Waals surface area contributed by atoms with E-state index in [9.17, 15) is 14.3 Å². The number of nitrogens with zero attached hydrogens (tertiary/aromatic N) is 2. The molecule has 0 aliphatic heterocycles. The van der Waals surface area contributed by atoms with E-state index in [1.165, 1.54) is 29.7 Å². The average Bonchev–Trinajstić information content (AvgIpc) is 2.87. The number of aryl methyl sites for hydroxylation is 1. The maximum absolute atomic E-state index is 13.1. The van der Waals surface area contributed by atoms with Gasteiger partial charge in [0.05, 0.1) is 11.3 Å². The molecule has 1 aliphatic rings. The van der Waals surface area contributed by atoms with Crippen LogP contribution in [0.3, 0.4) is 0 Å². The molecule has 6 heteroatoms. The lowest BCUT2D eigenvalue weighted by molar-refractivity contribution is -0.117. The van der Waals surface area contributed by atoms with Gasteiger partial charge in [0, 0.05) is 29.5 Å². The van der Waals surface area contributed by atoms with E-state index in [1.54, 1.807) is 12.1 Å². The molecule has 130 valence electrons. The Labute approximate surface area is 149 Å². The SMILES string of the molecule is Cc1sc(/N=C/C2=C(O)CC(C)(C)CC2=O)nc1-c1ccc(F)cc1. The number of aliphatic imine (C=N–C) groups is 1. The van der Waals surface area contributed by atoms with Crippen LogP contribution in [0, 0.1) is 18.2 Å². The molecule has 3 rings (SSSR count). The third-order valence-corrected chi connectivity index (χ3v) is 4.98. The van der Waals surface area contributed by atoms with Gasteiger partial charge in [-0.1, -0.05) is 25.2 Å². The quantitative estimate of drug-likeness (QED) is 0.771. The summed E-state index contributed by atoms with van der Waals surface area (Å²) in [6.07, 6.45) is 2.24. The highest BCUT2D eigenvalue weighted by Gasteiger charge is 2.32. The number of carbonyl (C=O) groups excluding carboxylic acids is 1. The fraction of sp³-hybridized carbons (Fsp3) is 0.316. The van der Waals surface area contributed by atoms with Crippen molar-refractivity contribution in [3.05, 3.63) is 46.3 Å². The minimum absolute atomic E-state index is 0.0806. The van der Waals surface area contributed by atoms with Crippen LogP contribution in [0.15, 0.2) is 40.6 Å². The standard InChI is InChI=1S/C19H19FN2O2S/c1-11-17(12-4-6-13(20)7-5-12)22-18(25-11)21-10-14-15(23)8-19(2,3)9-16(14)24/h4-7,10,23H,8-9H2,1-3H3/b21-10+. The van der Waals surface area contributed by atoms with Crippen LogP contribution < -0.4 is 0 Å². The summed E-state index contributed by atoms with van der Waals surface area (Å²) < 4.78 is 13.1. The molecule has 0 radical (unpaired) electrons. The van der Waals surface area contributed by atoms with E-state index in [4.69, 9.17) is 0 Å². The first-order chi connectivity index (χ1) is 11.7. The Balaban J connectivity index is 1.87. The number of aromatic nitrogens is 1. The van der Waals surface area contributed by atoms with Crippen LogP contribution in [-0.2, 0) is 4.79 Å². The lowest BCUT2D eigenvalue weighted by Gasteiger charge is -2.28. The van der Waals surface area contributed by atoms with E-state index in [0.717, 1.165) is 16.1 Å². The number of carbonyl (C=O) groups is 1. The summed E-state index contributed by atoms with van der Waals surface area (Å²) >= 11 is 1.39. The minimum atomic E-state index is -0.295. The maximum Gasteiger partial charge on any atom is 0.209 e. The van der Waals surface area contributed by atoms with E-state index in [2.05, 4.69) is 9.98 Å². The molecule has 0 saturated heterocycles. The van der Waals surface area contributed by atoms with Gasteiger partial charge in [-0.25, -0.2) is 14.4 Å². The molecular weight excluding hydrogens is 339 g/mol. The molecule has 0 saturated carbocycles. The molecule has 1 aromatic carbocycles. The molecular formula is C19H19FN2O2S. The second-order valence-electron chi connectivity index (χ2n) is 6.97. The second-order valence-corrected chi connectivity index (χ2v) is 8.15. The third kappa shape index (κ3) is 3.85. The lowest BCUT2D eigenvalue weighted by Crippen LogP contribution is -2.26. The molecule has 1 aliphatic carbocycles. The van der Waals surface area contributed by atoms with Gasteiger partial charge in [0.2, 0.25) is 5.13 Å². The van der Waals surface area contributed by atoms with Gasteiger partial charge in [-0.15, -0.1) is 0 Å². The highest BCUT2D eigenvalue weighted by Crippen LogP contribution is 2.36. The fourth-order valence-electron chi connectivity index (χ4n) is 2.88. The van der Waals surface area contributed by atoms with Crippen molar-refractivity contribution in [2.75, 3.05) is 0 Å². The first-order valence-corrected chi connectivity index (χ1v) is 8.79. The molecule has 1 heterocycles. The molecule has 0 spiro atoms. The Morgan fingerprint density at radius 3 is 2.60 bits per heavy atom. The van der Waals surface area contributed by atoms with Crippen molar-refractivity contribution in [3.8, 4) is 11.3 Å². The highest BCUT2D eigenvalue weighted by atomic mass is 32.1. The molecule has 0 unspecified atom stereocenters. The zero-order valence-electron chi connectivity index (χ0n) is 14.3. The van der Waals surface area contributed by atoms with E-state index < -0.39 is 0 Å².